The first-order valence-corrected chi connectivity index (χ1v) is 6.19. The van der Waals surface area contributed by atoms with E-state index in [9.17, 15) is 0 Å². The van der Waals surface area contributed by atoms with Crippen LogP contribution in [0.5, 0.6) is 0 Å². The van der Waals surface area contributed by atoms with Crippen molar-refractivity contribution in [3.05, 3.63) is 40.3 Å². The molecule has 0 amide bonds. The Morgan fingerprint density at radius 1 is 1.22 bits per heavy atom. The molecule has 0 atom stereocenters. The molecule has 0 radical (unpaired) electrons. The van der Waals surface area contributed by atoms with Gasteiger partial charge in [0.25, 0.3) is 0 Å². The number of nitrogens with zero attached hydrogens (tertiary/aromatic N) is 3. The van der Waals surface area contributed by atoms with Crippen molar-refractivity contribution in [3.63, 3.8) is 0 Å². The van der Waals surface area contributed by atoms with Crippen molar-refractivity contribution in [3.8, 4) is 5.82 Å². The molecule has 4 nitrogen and oxygen atoms in total. The van der Waals surface area contributed by atoms with Crippen LogP contribution in [0.2, 0.25) is 0 Å². The number of nitrogens with one attached hydrogen (secondary N) is 1. The number of aromatic amines is 1. The SMILES string of the molecule is Cc1cc2[nH]c(=S)n(-c3ccn(C)n3)c2cc1C. The van der Waals surface area contributed by atoms with Crippen molar-refractivity contribution in [2.24, 2.45) is 7.05 Å². The maximum atomic E-state index is 5.39. The van der Waals surface area contributed by atoms with Gasteiger partial charge in [-0.2, -0.15) is 5.10 Å². The fourth-order valence-electron chi connectivity index (χ4n) is 2.12. The molecular formula is C13H14N4S. The van der Waals surface area contributed by atoms with Gasteiger partial charge in [-0.1, -0.05) is 0 Å². The fraction of sp³-hybridized carbons (Fsp3) is 0.231. The average Bonchev–Trinajstić information content (AvgIpc) is 2.83. The van der Waals surface area contributed by atoms with E-state index in [2.05, 4.69) is 36.1 Å². The molecule has 0 bridgehead atoms. The van der Waals surface area contributed by atoms with Gasteiger partial charge in [-0.15, -0.1) is 0 Å². The van der Waals surface area contributed by atoms with E-state index in [4.69, 9.17) is 12.2 Å². The van der Waals surface area contributed by atoms with Gasteiger partial charge in [-0.05, 0) is 49.3 Å². The Morgan fingerprint density at radius 3 is 2.61 bits per heavy atom. The van der Waals surface area contributed by atoms with Gasteiger partial charge in [-0.3, -0.25) is 9.25 Å². The highest BCUT2D eigenvalue weighted by molar-refractivity contribution is 7.71. The van der Waals surface area contributed by atoms with Crippen LogP contribution in [0.3, 0.4) is 0 Å². The number of rotatable bonds is 1. The Morgan fingerprint density at radius 2 is 1.94 bits per heavy atom. The third-order valence-corrected chi connectivity index (χ3v) is 3.51. The number of H-pyrrole nitrogens is 1. The van der Waals surface area contributed by atoms with E-state index >= 15 is 0 Å². The molecule has 0 aliphatic carbocycles. The molecule has 0 aliphatic rings. The molecule has 1 aromatic carbocycles. The smallest absolute Gasteiger partial charge is 0.184 e. The molecule has 3 aromatic rings. The van der Waals surface area contributed by atoms with Gasteiger partial charge in [0, 0.05) is 19.3 Å². The van der Waals surface area contributed by atoms with Crippen LogP contribution in [0.4, 0.5) is 0 Å². The average molecular weight is 258 g/mol. The van der Waals surface area contributed by atoms with Gasteiger partial charge in [0.15, 0.2) is 10.6 Å². The van der Waals surface area contributed by atoms with Crippen molar-refractivity contribution in [1.82, 2.24) is 19.3 Å². The molecule has 5 heteroatoms. The van der Waals surface area contributed by atoms with Gasteiger partial charge in [0.1, 0.15) is 0 Å². The summed E-state index contributed by atoms with van der Waals surface area (Å²) in [5, 5.41) is 4.41. The highest BCUT2D eigenvalue weighted by Gasteiger charge is 2.09. The highest BCUT2D eigenvalue weighted by atomic mass is 32.1. The molecule has 18 heavy (non-hydrogen) atoms. The summed E-state index contributed by atoms with van der Waals surface area (Å²) < 4.78 is 4.42. The van der Waals surface area contributed by atoms with Gasteiger partial charge >= 0.3 is 0 Å². The monoisotopic (exact) mass is 258 g/mol. The number of hydrogen-bond acceptors (Lipinski definition) is 2. The van der Waals surface area contributed by atoms with E-state index in [1.807, 2.05) is 23.9 Å². The first-order valence-electron chi connectivity index (χ1n) is 5.78. The van der Waals surface area contributed by atoms with E-state index in [0.717, 1.165) is 16.9 Å². The number of hydrogen-bond donors (Lipinski definition) is 1. The number of aromatic nitrogens is 4. The third kappa shape index (κ3) is 1.59. The lowest BCUT2D eigenvalue weighted by molar-refractivity contribution is 0.752. The van der Waals surface area contributed by atoms with Crippen LogP contribution in [0.1, 0.15) is 11.1 Å². The fourth-order valence-corrected chi connectivity index (χ4v) is 2.42. The molecule has 0 saturated carbocycles. The molecule has 3 rings (SSSR count). The largest absolute Gasteiger partial charge is 0.330 e. The lowest BCUT2D eigenvalue weighted by Gasteiger charge is -2.03. The number of aryl methyl sites for hydroxylation is 3. The van der Waals surface area contributed by atoms with Crippen molar-refractivity contribution in [2.75, 3.05) is 0 Å². The van der Waals surface area contributed by atoms with E-state index in [-0.39, 0.29) is 0 Å². The first kappa shape index (κ1) is 11.2. The summed E-state index contributed by atoms with van der Waals surface area (Å²) >= 11 is 5.39. The Labute approximate surface area is 110 Å². The lowest BCUT2D eigenvalue weighted by Crippen LogP contribution is -1.97. The zero-order valence-electron chi connectivity index (χ0n) is 10.6. The van der Waals surface area contributed by atoms with Crippen LogP contribution < -0.4 is 0 Å². The number of fused-ring (bicyclic) bond motifs is 1. The molecule has 2 aromatic heterocycles. The molecule has 92 valence electrons. The zero-order chi connectivity index (χ0) is 12.9. The van der Waals surface area contributed by atoms with Crippen LogP contribution in [0, 0.1) is 18.6 Å². The Kier molecular flexibility index (Phi) is 2.38. The minimum Gasteiger partial charge on any atom is -0.330 e. The second-order valence-corrected chi connectivity index (χ2v) is 4.95. The van der Waals surface area contributed by atoms with E-state index in [1.54, 1.807) is 4.68 Å². The summed E-state index contributed by atoms with van der Waals surface area (Å²) in [7, 11) is 1.90. The summed E-state index contributed by atoms with van der Waals surface area (Å²) in [4.78, 5) is 3.23. The van der Waals surface area contributed by atoms with Crippen LogP contribution in [-0.4, -0.2) is 19.3 Å². The Bertz CT molecular complexity index is 791. The minimum atomic E-state index is 0.675. The van der Waals surface area contributed by atoms with Crippen molar-refractivity contribution in [2.45, 2.75) is 13.8 Å². The maximum absolute atomic E-state index is 5.39. The normalized spacial score (nSPS) is 11.3. The summed E-state index contributed by atoms with van der Waals surface area (Å²) in [6.45, 7) is 4.21. The van der Waals surface area contributed by atoms with Crippen LogP contribution in [0.15, 0.2) is 24.4 Å². The molecule has 0 unspecified atom stereocenters. The van der Waals surface area contributed by atoms with Crippen molar-refractivity contribution in [1.29, 1.82) is 0 Å². The van der Waals surface area contributed by atoms with E-state index in [1.165, 1.54) is 11.1 Å². The van der Waals surface area contributed by atoms with E-state index in [0.29, 0.717) is 4.77 Å². The zero-order valence-corrected chi connectivity index (χ0v) is 11.4. The maximum Gasteiger partial charge on any atom is 0.184 e. The summed E-state index contributed by atoms with van der Waals surface area (Å²) in [5.74, 6) is 0.844. The van der Waals surface area contributed by atoms with Gasteiger partial charge in [0.2, 0.25) is 0 Å². The van der Waals surface area contributed by atoms with Crippen molar-refractivity contribution < 1.29 is 0 Å². The number of benzene rings is 1. The van der Waals surface area contributed by atoms with Crippen molar-refractivity contribution >= 4 is 23.3 Å². The second kappa shape index (κ2) is 3.81. The quantitative estimate of drug-likeness (QED) is 0.681. The first-order chi connectivity index (χ1) is 8.56. The van der Waals surface area contributed by atoms with Crippen LogP contribution in [-0.2, 0) is 7.05 Å². The van der Waals surface area contributed by atoms with Gasteiger partial charge in [-0.25, -0.2) is 0 Å². The second-order valence-electron chi connectivity index (χ2n) is 4.57. The summed E-state index contributed by atoms with van der Waals surface area (Å²) in [6, 6.07) is 6.23. The lowest BCUT2D eigenvalue weighted by atomic mass is 10.1. The molecule has 0 fully saturated rings. The summed E-state index contributed by atoms with van der Waals surface area (Å²) in [5.41, 5.74) is 4.63. The van der Waals surface area contributed by atoms with Crippen LogP contribution in [0.25, 0.3) is 16.9 Å². The highest BCUT2D eigenvalue weighted by Crippen LogP contribution is 2.21. The number of imidazole rings is 1. The molecule has 1 N–H and O–H groups in total. The van der Waals surface area contributed by atoms with Gasteiger partial charge < -0.3 is 4.98 Å². The predicted octanol–water partition coefficient (Wildman–Crippen LogP) is 3.04. The van der Waals surface area contributed by atoms with Gasteiger partial charge in [0.05, 0.1) is 11.0 Å². The Hall–Kier alpha value is -1.88. The van der Waals surface area contributed by atoms with E-state index < -0.39 is 0 Å². The van der Waals surface area contributed by atoms with Crippen LogP contribution >= 0.6 is 12.2 Å². The topological polar surface area (TPSA) is 38.5 Å². The Balaban J connectivity index is 2.38. The standard InChI is InChI=1S/C13H14N4S/c1-8-6-10-11(7-9(8)2)17(13(18)14-10)12-4-5-16(3)15-12/h4-7H,1-3H3,(H,14,18). The predicted molar refractivity (Wildman–Crippen MR) is 74.7 cm³/mol. The molecule has 0 aliphatic heterocycles. The molecular weight excluding hydrogens is 244 g/mol. The molecule has 2 heterocycles. The molecule has 0 saturated heterocycles. The molecule has 0 spiro atoms. The third-order valence-electron chi connectivity index (χ3n) is 3.23. The minimum absolute atomic E-state index is 0.675. The summed E-state index contributed by atoms with van der Waals surface area (Å²) in [6.07, 6.45) is 1.91.